The van der Waals surface area contributed by atoms with E-state index < -0.39 is 0 Å². The molecule has 2 aromatic carbocycles. The smallest absolute Gasteiger partial charge is 0.258 e. The van der Waals surface area contributed by atoms with E-state index in [1.54, 1.807) is 12.1 Å². The predicted molar refractivity (Wildman–Crippen MR) is 87.7 cm³/mol. The second-order valence-electron chi connectivity index (χ2n) is 5.30. The fourth-order valence-electron chi connectivity index (χ4n) is 2.10. The summed E-state index contributed by atoms with van der Waals surface area (Å²) >= 11 is 0. The molecule has 0 unspecified atom stereocenters. The Morgan fingerprint density at radius 3 is 2.79 bits per heavy atom. The van der Waals surface area contributed by atoms with Crippen molar-refractivity contribution >= 4 is 5.91 Å². The number of hydrogen-bond acceptors (Lipinski definition) is 5. The summed E-state index contributed by atoms with van der Waals surface area (Å²) in [4.78, 5) is 11.9. The van der Waals surface area contributed by atoms with Crippen molar-refractivity contribution < 1.29 is 9.53 Å². The number of carbonyl (C=O) groups excluding carboxylic acids is 1. The molecule has 3 aromatic rings. The zero-order valence-corrected chi connectivity index (χ0v) is 13.2. The van der Waals surface area contributed by atoms with Crippen molar-refractivity contribution in [2.24, 2.45) is 0 Å². The van der Waals surface area contributed by atoms with Gasteiger partial charge in [-0.15, -0.1) is 5.10 Å². The molecule has 0 bridgehead atoms. The fourth-order valence-corrected chi connectivity index (χ4v) is 2.10. The van der Waals surface area contributed by atoms with Gasteiger partial charge in [-0.3, -0.25) is 4.79 Å². The Bertz CT molecular complexity index is 800. The van der Waals surface area contributed by atoms with Gasteiger partial charge in [-0.1, -0.05) is 35.9 Å². The van der Waals surface area contributed by atoms with Crippen LogP contribution in [-0.4, -0.2) is 32.7 Å². The lowest BCUT2D eigenvalue weighted by Gasteiger charge is -2.09. The van der Waals surface area contributed by atoms with E-state index in [-0.39, 0.29) is 12.5 Å². The molecular formula is C17H17N5O2. The fraction of sp³-hybridized carbons (Fsp3) is 0.176. The normalized spacial score (nSPS) is 10.4. The number of benzene rings is 2. The minimum atomic E-state index is -0.177. The molecule has 1 amide bonds. The molecule has 0 aliphatic carbocycles. The van der Waals surface area contributed by atoms with Gasteiger partial charge >= 0.3 is 0 Å². The average Bonchev–Trinajstić information content (AvgIpc) is 3.14. The number of hydrogen-bond donors (Lipinski definition) is 1. The van der Waals surface area contributed by atoms with Gasteiger partial charge in [0.15, 0.2) is 6.61 Å². The van der Waals surface area contributed by atoms with Crippen LogP contribution in [0.2, 0.25) is 0 Å². The molecule has 0 aliphatic rings. The topological polar surface area (TPSA) is 81.9 Å². The number of nitrogens with one attached hydrogen (secondary N) is 1. The third-order valence-corrected chi connectivity index (χ3v) is 3.41. The molecule has 3 rings (SSSR count). The number of ether oxygens (including phenoxy) is 1. The summed E-state index contributed by atoms with van der Waals surface area (Å²) < 4.78 is 7.04. The summed E-state index contributed by atoms with van der Waals surface area (Å²) in [6.07, 6.45) is 1.49. The van der Waals surface area contributed by atoms with Crippen LogP contribution in [0.4, 0.5) is 0 Å². The van der Waals surface area contributed by atoms with Gasteiger partial charge in [-0.2, -0.15) is 0 Å². The summed E-state index contributed by atoms with van der Waals surface area (Å²) in [5.74, 6) is 0.400. The lowest BCUT2D eigenvalue weighted by Crippen LogP contribution is -2.28. The molecule has 7 heteroatoms. The van der Waals surface area contributed by atoms with E-state index in [2.05, 4.69) is 20.8 Å². The van der Waals surface area contributed by atoms with Crippen LogP contribution in [0.3, 0.4) is 0 Å². The van der Waals surface area contributed by atoms with Gasteiger partial charge in [0.25, 0.3) is 5.91 Å². The van der Waals surface area contributed by atoms with Crippen LogP contribution in [0.5, 0.6) is 5.75 Å². The number of tetrazole rings is 1. The van der Waals surface area contributed by atoms with Crippen LogP contribution < -0.4 is 10.1 Å². The lowest BCUT2D eigenvalue weighted by atomic mass is 10.1. The minimum Gasteiger partial charge on any atom is -0.484 e. The van der Waals surface area contributed by atoms with Gasteiger partial charge in [0, 0.05) is 12.6 Å². The Morgan fingerprint density at radius 2 is 2.04 bits per heavy atom. The highest BCUT2D eigenvalue weighted by Gasteiger charge is 2.05. The zero-order valence-electron chi connectivity index (χ0n) is 13.2. The Morgan fingerprint density at radius 1 is 1.21 bits per heavy atom. The van der Waals surface area contributed by atoms with Crippen molar-refractivity contribution in [3.05, 3.63) is 66.0 Å². The van der Waals surface area contributed by atoms with E-state index in [1.165, 1.54) is 16.6 Å². The first kappa shape index (κ1) is 15.7. The van der Waals surface area contributed by atoms with Crippen molar-refractivity contribution in [1.82, 2.24) is 25.5 Å². The maximum atomic E-state index is 11.9. The second-order valence-corrected chi connectivity index (χ2v) is 5.30. The molecule has 0 fully saturated rings. The van der Waals surface area contributed by atoms with Crippen molar-refractivity contribution in [3.8, 4) is 11.4 Å². The van der Waals surface area contributed by atoms with E-state index in [9.17, 15) is 4.79 Å². The summed E-state index contributed by atoms with van der Waals surface area (Å²) in [5, 5.41) is 13.8. The van der Waals surface area contributed by atoms with Gasteiger partial charge in [-0.05, 0) is 35.0 Å². The van der Waals surface area contributed by atoms with Gasteiger partial charge in [0.05, 0.1) is 5.69 Å². The SMILES string of the molecule is Cc1ccc(CNC(=O)COc2cccc(-n3cnnn3)c2)cc1. The Kier molecular flexibility index (Phi) is 4.81. The molecule has 0 aliphatic heterocycles. The molecule has 24 heavy (non-hydrogen) atoms. The summed E-state index contributed by atoms with van der Waals surface area (Å²) in [6.45, 7) is 2.46. The van der Waals surface area contributed by atoms with Crippen molar-refractivity contribution in [3.63, 3.8) is 0 Å². The third-order valence-electron chi connectivity index (χ3n) is 3.41. The van der Waals surface area contributed by atoms with Crippen LogP contribution in [0.15, 0.2) is 54.9 Å². The largest absolute Gasteiger partial charge is 0.484 e. The molecule has 0 radical (unpaired) electrons. The van der Waals surface area contributed by atoms with E-state index >= 15 is 0 Å². The summed E-state index contributed by atoms with van der Waals surface area (Å²) in [5.41, 5.74) is 3.00. The quantitative estimate of drug-likeness (QED) is 0.746. The van der Waals surface area contributed by atoms with Crippen LogP contribution in [0.25, 0.3) is 5.69 Å². The molecule has 7 nitrogen and oxygen atoms in total. The van der Waals surface area contributed by atoms with Gasteiger partial charge in [-0.25, -0.2) is 4.68 Å². The minimum absolute atomic E-state index is 0.0507. The van der Waals surface area contributed by atoms with Gasteiger partial charge in [0.1, 0.15) is 12.1 Å². The molecule has 1 heterocycles. The molecule has 0 saturated heterocycles. The van der Waals surface area contributed by atoms with Crippen molar-refractivity contribution in [1.29, 1.82) is 0 Å². The van der Waals surface area contributed by atoms with E-state index in [0.29, 0.717) is 12.3 Å². The number of rotatable bonds is 6. The highest BCUT2D eigenvalue weighted by Crippen LogP contribution is 2.15. The van der Waals surface area contributed by atoms with Crippen LogP contribution in [-0.2, 0) is 11.3 Å². The summed E-state index contributed by atoms with van der Waals surface area (Å²) in [7, 11) is 0. The maximum absolute atomic E-state index is 11.9. The van der Waals surface area contributed by atoms with Crippen molar-refractivity contribution in [2.45, 2.75) is 13.5 Å². The number of nitrogens with zero attached hydrogens (tertiary/aromatic N) is 4. The first-order chi connectivity index (χ1) is 11.7. The molecule has 122 valence electrons. The first-order valence-corrected chi connectivity index (χ1v) is 7.49. The molecule has 0 saturated carbocycles. The van der Waals surface area contributed by atoms with E-state index in [1.807, 2.05) is 43.3 Å². The number of amides is 1. The molecule has 0 spiro atoms. The molecular weight excluding hydrogens is 306 g/mol. The highest BCUT2D eigenvalue weighted by molar-refractivity contribution is 5.77. The Hall–Kier alpha value is -3.22. The van der Waals surface area contributed by atoms with E-state index in [0.717, 1.165) is 11.3 Å². The molecule has 1 aromatic heterocycles. The average molecular weight is 323 g/mol. The van der Waals surface area contributed by atoms with Crippen LogP contribution >= 0.6 is 0 Å². The Labute approximate surface area is 139 Å². The molecule has 0 atom stereocenters. The number of aryl methyl sites for hydroxylation is 1. The van der Waals surface area contributed by atoms with Gasteiger partial charge in [0.2, 0.25) is 0 Å². The summed E-state index contributed by atoms with van der Waals surface area (Å²) in [6, 6.07) is 15.2. The van der Waals surface area contributed by atoms with Crippen LogP contribution in [0, 0.1) is 6.92 Å². The number of aromatic nitrogens is 4. The van der Waals surface area contributed by atoms with E-state index in [4.69, 9.17) is 4.74 Å². The first-order valence-electron chi connectivity index (χ1n) is 7.49. The standard InChI is InChI=1S/C17H17N5O2/c1-13-5-7-14(8-6-13)10-18-17(23)11-24-16-4-2-3-15(9-16)22-12-19-20-21-22/h2-9,12H,10-11H2,1H3,(H,18,23). The molecule has 1 N–H and O–H groups in total. The van der Waals surface area contributed by atoms with Crippen LogP contribution in [0.1, 0.15) is 11.1 Å². The third kappa shape index (κ3) is 4.16. The highest BCUT2D eigenvalue weighted by atomic mass is 16.5. The second kappa shape index (κ2) is 7.36. The monoisotopic (exact) mass is 323 g/mol. The number of carbonyl (C=O) groups is 1. The van der Waals surface area contributed by atoms with Crippen molar-refractivity contribution in [2.75, 3.05) is 6.61 Å². The maximum Gasteiger partial charge on any atom is 0.258 e. The lowest BCUT2D eigenvalue weighted by molar-refractivity contribution is -0.123. The zero-order chi connectivity index (χ0) is 16.8. The Balaban J connectivity index is 1.51. The predicted octanol–water partition coefficient (Wildman–Crippen LogP) is 1.67. The van der Waals surface area contributed by atoms with Gasteiger partial charge < -0.3 is 10.1 Å².